The predicted octanol–water partition coefficient (Wildman–Crippen LogP) is 3.38. The van der Waals surface area contributed by atoms with Crippen LogP contribution in [-0.4, -0.2) is 29.2 Å². The van der Waals surface area contributed by atoms with Crippen molar-refractivity contribution in [3.63, 3.8) is 0 Å². The minimum Gasteiger partial charge on any atom is -0.465 e. The molecule has 0 spiro atoms. The average molecular weight is 342 g/mol. The lowest BCUT2D eigenvalue weighted by Gasteiger charge is -2.12. The third-order valence-corrected chi connectivity index (χ3v) is 3.85. The van der Waals surface area contributed by atoms with Gasteiger partial charge in [0.25, 0.3) is 0 Å². The predicted molar refractivity (Wildman–Crippen MR) is 95.8 cm³/mol. The molecule has 25 heavy (non-hydrogen) atoms. The molecule has 2 aromatic rings. The summed E-state index contributed by atoms with van der Waals surface area (Å²) in [5.41, 5.74) is 1.23. The second-order valence-corrected chi connectivity index (χ2v) is 5.50. The van der Waals surface area contributed by atoms with Crippen LogP contribution in [0.15, 0.2) is 36.4 Å². The number of hydrogen-bond acceptors (Lipinski definition) is 6. The third-order valence-electron chi connectivity index (χ3n) is 3.85. The van der Waals surface area contributed by atoms with Gasteiger partial charge < -0.3 is 15.4 Å². The second-order valence-electron chi connectivity index (χ2n) is 5.50. The van der Waals surface area contributed by atoms with Crippen molar-refractivity contribution in [1.29, 1.82) is 0 Å². The summed E-state index contributed by atoms with van der Waals surface area (Å²) in [5.74, 6) is 0.505. The minimum absolute atomic E-state index is 0.0204. The van der Waals surface area contributed by atoms with E-state index in [1.165, 1.54) is 7.11 Å². The molecule has 1 aromatic heterocycles. The lowest BCUT2D eigenvalue weighted by Crippen LogP contribution is -2.22. The number of hydrogen-bond donors (Lipinski definition) is 2. The van der Waals surface area contributed by atoms with E-state index >= 15 is 0 Å². The van der Waals surface area contributed by atoms with Gasteiger partial charge in [0.05, 0.1) is 12.7 Å². The molecular weight excluding hydrogens is 320 g/mol. The highest BCUT2D eigenvalue weighted by molar-refractivity contribution is 5.91. The van der Waals surface area contributed by atoms with Crippen molar-refractivity contribution >= 4 is 29.2 Å². The van der Waals surface area contributed by atoms with Gasteiger partial charge in [-0.25, -0.2) is 4.79 Å². The van der Waals surface area contributed by atoms with Crippen LogP contribution >= 0.6 is 0 Å². The fraction of sp³-hybridized carbons (Fsp3) is 0.333. The van der Waals surface area contributed by atoms with Crippen LogP contribution in [0.2, 0.25) is 0 Å². The number of ether oxygens (including phenoxy) is 1. The third kappa shape index (κ3) is 5.00. The molecule has 1 heterocycles. The van der Waals surface area contributed by atoms with Crippen LogP contribution in [0.3, 0.4) is 0 Å². The minimum atomic E-state index is -0.385. The van der Waals surface area contributed by atoms with Crippen molar-refractivity contribution in [3.8, 4) is 0 Å². The quantitative estimate of drug-likeness (QED) is 0.749. The van der Waals surface area contributed by atoms with Gasteiger partial charge in [-0.05, 0) is 49.2 Å². The molecule has 0 bridgehead atoms. The van der Waals surface area contributed by atoms with Crippen LogP contribution in [0.1, 0.15) is 37.0 Å². The Hall–Kier alpha value is -2.96. The van der Waals surface area contributed by atoms with E-state index in [1.54, 1.807) is 36.4 Å². The largest absolute Gasteiger partial charge is 0.465 e. The van der Waals surface area contributed by atoms with Gasteiger partial charge in [-0.15, -0.1) is 10.2 Å². The van der Waals surface area contributed by atoms with Gasteiger partial charge >= 0.3 is 5.97 Å². The van der Waals surface area contributed by atoms with Crippen molar-refractivity contribution < 1.29 is 14.3 Å². The standard InChI is InChI=1S/C18H22N4O3/c1-4-12(5-2)17(23)20-16-11-10-15(21-22-16)19-14-8-6-13(7-9-14)18(24)25-3/h6-12H,4-5H2,1-3H3,(H,19,21)(H,20,22,23). The molecule has 0 unspecified atom stereocenters. The fourth-order valence-corrected chi connectivity index (χ4v) is 2.31. The molecule has 2 N–H and O–H groups in total. The number of carbonyl (C=O) groups excluding carboxylic acids is 2. The van der Waals surface area contributed by atoms with Crippen molar-refractivity contribution in [2.45, 2.75) is 26.7 Å². The number of rotatable bonds is 7. The Morgan fingerprint density at radius 3 is 2.12 bits per heavy atom. The maximum atomic E-state index is 12.0. The molecule has 0 atom stereocenters. The molecule has 1 amide bonds. The summed E-state index contributed by atoms with van der Waals surface area (Å²) < 4.78 is 4.66. The van der Waals surface area contributed by atoms with Crippen LogP contribution in [0.5, 0.6) is 0 Å². The van der Waals surface area contributed by atoms with E-state index < -0.39 is 0 Å². The summed E-state index contributed by atoms with van der Waals surface area (Å²) in [7, 11) is 1.34. The lowest BCUT2D eigenvalue weighted by molar-refractivity contribution is -0.120. The van der Waals surface area contributed by atoms with Crippen molar-refractivity contribution in [3.05, 3.63) is 42.0 Å². The number of esters is 1. The summed E-state index contributed by atoms with van der Waals surface area (Å²) in [4.78, 5) is 23.4. The van der Waals surface area contributed by atoms with E-state index in [9.17, 15) is 9.59 Å². The van der Waals surface area contributed by atoms with Crippen LogP contribution in [-0.2, 0) is 9.53 Å². The number of nitrogens with zero attached hydrogens (tertiary/aromatic N) is 2. The zero-order valence-corrected chi connectivity index (χ0v) is 14.6. The van der Waals surface area contributed by atoms with Crippen LogP contribution in [0.4, 0.5) is 17.3 Å². The highest BCUT2D eigenvalue weighted by atomic mass is 16.5. The molecule has 0 aliphatic heterocycles. The van der Waals surface area contributed by atoms with Crippen LogP contribution in [0, 0.1) is 5.92 Å². The van der Waals surface area contributed by atoms with Crippen molar-refractivity contribution in [2.24, 2.45) is 5.92 Å². The molecule has 0 saturated carbocycles. The average Bonchev–Trinajstić information content (AvgIpc) is 2.64. The van der Waals surface area contributed by atoms with Gasteiger partial charge in [0.15, 0.2) is 11.6 Å². The highest BCUT2D eigenvalue weighted by Crippen LogP contribution is 2.17. The van der Waals surface area contributed by atoms with Crippen molar-refractivity contribution in [1.82, 2.24) is 10.2 Å². The molecule has 0 saturated heterocycles. The van der Waals surface area contributed by atoms with E-state index in [-0.39, 0.29) is 17.8 Å². The normalized spacial score (nSPS) is 10.4. The van der Waals surface area contributed by atoms with E-state index in [0.29, 0.717) is 17.2 Å². The first-order valence-corrected chi connectivity index (χ1v) is 8.17. The van der Waals surface area contributed by atoms with Crippen molar-refractivity contribution in [2.75, 3.05) is 17.7 Å². The first kappa shape index (κ1) is 18.4. The molecule has 0 fully saturated rings. The summed E-state index contributed by atoms with van der Waals surface area (Å²) in [6.07, 6.45) is 1.58. The molecule has 2 rings (SSSR count). The molecule has 0 radical (unpaired) electrons. The maximum Gasteiger partial charge on any atom is 0.337 e. The van der Waals surface area contributed by atoms with Gasteiger partial charge in [0.1, 0.15) is 0 Å². The number of nitrogens with one attached hydrogen (secondary N) is 2. The topological polar surface area (TPSA) is 93.2 Å². The zero-order chi connectivity index (χ0) is 18.2. The Bertz CT molecular complexity index is 710. The summed E-state index contributed by atoms with van der Waals surface area (Å²) in [5, 5.41) is 13.9. The monoisotopic (exact) mass is 342 g/mol. The molecule has 132 valence electrons. The maximum absolute atomic E-state index is 12.0. The Balaban J connectivity index is 1.98. The Morgan fingerprint density at radius 1 is 1.00 bits per heavy atom. The fourth-order valence-electron chi connectivity index (χ4n) is 2.31. The number of amides is 1. The molecular formula is C18H22N4O3. The smallest absolute Gasteiger partial charge is 0.337 e. The number of benzene rings is 1. The number of anilines is 3. The van der Waals surface area contributed by atoms with Gasteiger partial charge in [-0.1, -0.05) is 13.8 Å². The highest BCUT2D eigenvalue weighted by Gasteiger charge is 2.14. The summed E-state index contributed by atoms with van der Waals surface area (Å²) in [6.45, 7) is 3.97. The first-order valence-electron chi connectivity index (χ1n) is 8.17. The lowest BCUT2D eigenvalue weighted by atomic mass is 10.0. The number of aromatic nitrogens is 2. The van der Waals surface area contributed by atoms with E-state index in [4.69, 9.17) is 0 Å². The number of methoxy groups -OCH3 is 1. The Kier molecular flexibility index (Phi) is 6.45. The Labute approximate surface area is 146 Å². The SMILES string of the molecule is CCC(CC)C(=O)Nc1ccc(Nc2ccc(C(=O)OC)cc2)nn1. The summed E-state index contributed by atoms with van der Waals surface area (Å²) in [6, 6.07) is 10.2. The molecule has 7 nitrogen and oxygen atoms in total. The zero-order valence-electron chi connectivity index (χ0n) is 14.6. The van der Waals surface area contributed by atoms with Crippen LogP contribution < -0.4 is 10.6 Å². The van der Waals surface area contributed by atoms with Gasteiger partial charge in [0.2, 0.25) is 5.91 Å². The van der Waals surface area contributed by atoms with E-state index in [1.807, 2.05) is 13.8 Å². The molecule has 7 heteroatoms. The first-order chi connectivity index (χ1) is 12.1. The molecule has 0 aliphatic carbocycles. The van der Waals surface area contributed by atoms with Gasteiger partial charge in [-0.2, -0.15) is 0 Å². The second kappa shape index (κ2) is 8.77. The van der Waals surface area contributed by atoms with Crippen LogP contribution in [0.25, 0.3) is 0 Å². The van der Waals surface area contributed by atoms with Gasteiger partial charge in [-0.3, -0.25) is 4.79 Å². The van der Waals surface area contributed by atoms with Gasteiger partial charge in [0, 0.05) is 11.6 Å². The molecule has 1 aromatic carbocycles. The Morgan fingerprint density at radius 2 is 1.60 bits per heavy atom. The van der Waals surface area contributed by atoms with E-state index in [2.05, 4.69) is 25.6 Å². The van der Waals surface area contributed by atoms with E-state index in [0.717, 1.165) is 18.5 Å². The number of carbonyl (C=O) groups is 2. The summed E-state index contributed by atoms with van der Waals surface area (Å²) >= 11 is 0. The molecule has 0 aliphatic rings.